The second kappa shape index (κ2) is 3.16. The molecule has 0 radical (unpaired) electrons. The molecule has 0 bridgehead atoms. The predicted octanol–water partition coefficient (Wildman–Crippen LogP) is 1.44. The van der Waals surface area contributed by atoms with Crippen molar-refractivity contribution in [3.05, 3.63) is 0 Å². The Morgan fingerprint density at radius 1 is 1.67 bits per heavy atom. The number of halogens is 1. The molecule has 2 heteroatoms. The van der Waals surface area contributed by atoms with Crippen LogP contribution in [0.3, 0.4) is 0 Å². The summed E-state index contributed by atoms with van der Waals surface area (Å²) in [6.45, 7) is 4.84. The normalized spacial score (nSPS) is 30.7. The zero-order chi connectivity index (χ0) is 6.69. The first kappa shape index (κ1) is 7.00. The lowest BCUT2D eigenvalue weighted by atomic mass is 10.1. The number of piperidine rings is 1. The molecule has 0 aromatic rings. The van der Waals surface area contributed by atoms with Gasteiger partial charge in [-0.15, -0.1) is 0 Å². The number of rotatable bonds is 1. The molecular weight excluding hydrogens is 117 g/mol. The van der Waals surface area contributed by atoms with Gasteiger partial charge in [-0.2, -0.15) is 0 Å². The number of nitrogens with zero attached hydrogens (tertiary/aromatic N) is 1. The highest BCUT2D eigenvalue weighted by molar-refractivity contribution is 4.70. The summed E-state index contributed by atoms with van der Waals surface area (Å²) < 4.78 is 12.6. The molecule has 0 amide bonds. The van der Waals surface area contributed by atoms with E-state index in [1.165, 1.54) is 0 Å². The average molecular weight is 131 g/mol. The van der Waals surface area contributed by atoms with E-state index in [4.69, 9.17) is 0 Å². The molecule has 54 valence electrons. The summed E-state index contributed by atoms with van der Waals surface area (Å²) in [5.74, 6) is 0. The minimum atomic E-state index is -0.557. The predicted molar refractivity (Wildman–Crippen MR) is 36.2 cm³/mol. The lowest BCUT2D eigenvalue weighted by Crippen LogP contribution is -2.35. The van der Waals surface area contributed by atoms with Gasteiger partial charge in [-0.05, 0) is 25.9 Å². The van der Waals surface area contributed by atoms with E-state index in [0.29, 0.717) is 6.54 Å². The second-order valence-corrected chi connectivity index (χ2v) is 2.63. The number of alkyl halides is 1. The molecule has 1 aliphatic heterocycles. The molecule has 1 atom stereocenters. The third-order valence-electron chi connectivity index (χ3n) is 1.90. The summed E-state index contributed by atoms with van der Waals surface area (Å²) in [5.41, 5.74) is 0. The van der Waals surface area contributed by atoms with Gasteiger partial charge >= 0.3 is 0 Å². The Morgan fingerprint density at radius 2 is 2.44 bits per heavy atom. The first-order chi connectivity index (χ1) is 4.33. The van der Waals surface area contributed by atoms with Crippen molar-refractivity contribution < 1.29 is 4.39 Å². The van der Waals surface area contributed by atoms with Gasteiger partial charge in [0.25, 0.3) is 0 Å². The Morgan fingerprint density at radius 3 is 2.89 bits per heavy atom. The molecule has 0 aromatic carbocycles. The van der Waals surface area contributed by atoms with Crippen molar-refractivity contribution in [3.63, 3.8) is 0 Å². The maximum Gasteiger partial charge on any atom is 0.113 e. The lowest BCUT2D eigenvalue weighted by molar-refractivity contribution is 0.144. The minimum Gasteiger partial charge on any atom is -0.301 e. The largest absolute Gasteiger partial charge is 0.301 e. The lowest BCUT2D eigenvalue weighted by Gasteiger charge is -2.27. The van der Waals surface area contributed by atoms with Gasteiger partial charge in [0.1, 0.15) is 6.17 Å². The molecule has 0 saturated carbocycles. The first-order valence-corrected chi connectivity index (χ1v) is 3.69. The first-order valence-electron chi connectivity index (χ1n) is 3.69. The van der Waals surface area contributed by atoms with E-state index in [1.807, 2.05) is 0 Å². The zero-order valence-corrected chi connectivity index (χ0v) is 5.94. The summed E-state index contributed by atoms with van der Waals surface area (Å²) in [6.07, 6.45) is 1.25. The molecule has 9 heavy (non-hydrogen) atoms. The van der Waals surface area contributed by atoms with Crippen LogP contribution >= 0.6 is 0 Å². The summed E-state index contributed by atoms with van der Waals surface area (Å²) in [5, 5.41) is 0. The van der Waals surface area contributed by atoms with E-state index >= 15 is 0 Å². The fourth-order valence-corrected chi connectivity index (χ4v) is 1.29. The summed E-state index contributed by atoms with van der Waals surface area (Å²) in [4.78, 5) is 2.16. The van der Waals surface area contributed by atoms with E-state index in [1.54, 1.807) is 0 Å². The van der Waals surface area contributed by atoms with Crippen LogP contribution in [0, 0.1) is 0 Å². The van der Waals surface area contributed by atoms with Crippen molar-refractivity contribution >= 4 is 0 Å². The average Bonchev–Trinajstić information content (AvgIpc) is 1.88. The number of hydrogen-bond acceptors (Lipinski definition) is 1. The fourth-order valence-electron chi connectivity index (χ4n) is 1.29. The second-order valence-electron chi connectivity index (χ2n) is 2.63. The number of hydrogen-bond donors (Lipinski definition) is 0. The third-order valence-corrected chi connectivity index (χ3v) is 1.90. The van der Waals surface area contributed by atoms with E-state index in [-0.39, 0.29) is 0 Å². The van der Waals surface area contributed by atoms with Crippen LogP contribution in [0.15, 0.2) is 0 Å². The smallest absolute Gasteiger partial charge is 0.113 e. The summed E-state index contributed by atoms with van der Waals surface area (Å²) in [6, 6.07) is 0. The quantitative estimate of drug-likeness (QED) is 0.520. The molecule has 1 aliphatic rings. The molecule has 0 spiro atoms. The summed E-state index contributed by atoms with van der Waals surface area (Å²) >= 11 is 0. The Kier molecular flexibility index (Phi) is 2.46. The van der Waals surface area contributed by atoms with Gasteiger partial charge in [0.15, 0.2) is 0 Å². The molecule has 1 unspecified atom stereocenters. The maximum absolute atomic E-state index is 12.6. The zero-order valence-electron chi connectivity index (χ0n) is 5.94. The van der Waals surface area contributed by atoms with Gasteiger partial charge in [-0.3, -0.25) is 0 Å². The summed E-state index contributed by atoms with van der Waals surface area (Å²) in [7, 11) is 0. The monoisotopic (exact) mass is 131 g/mol. The van der Waals surface area contributed by atoms with Crippen molar-refractivity contribution in [3.8, 4) is 0 Å². The van der Waals surface area contributed by atoms with Crippen LogP contribution in [-0.2, 0) is 0 Å². The molecule has 1 saturated heterocycles. The van der Waals surface area contributed by atoms with Crippen molar-refractivity contribution in [2.24, 2.45) is 0 Å². The standard InChI is InChI=1S/C7H14FN/c1-2-9-5-3-4-7(8)6-9/h7H,2-6H2,1H3. The van der Waals surface area contributed by atoms with Crippen LogP contribution in [0.1, 0.15) is 19.8 Å². The van der Waals surface area contributed by atoms with Crippen molar-refractivity contribution in [2.75, 3.05) is 19.6 Å². The maximum atomic E-state index is 12.6. The van der Waals surface area contributed by atoms with Crippen molar-refractivity contribution in [2.45, 2.75) is 25.9 Å². The molecule has 0 aromatic heterocycles. The Bertz CT molecular complexity index is 85.0. The van der Waals surface area contributed by atoms with Gasteiger partial charge < -0.3 is 4.90 Å². The van der Waals surface area contributed by atoms with E-state index in [9.17, 15) is 4.39 Å². The Labute approximate surface area is 55.8 Å². The van der Waals surface area contributed by atoms with Gasteiger partial charge in [-0.25, -0.2) is 4.39 Å². The number of likely N-dealkylation sites (tertiary alicyclic amines) is 1. The van der Waals surface area contributed by atoms with Crippen LogP contribution in [0.2, 0.25) is 0 Å². The van der Waals surface area contributed by atoms with E-state index in [0.717, 1.165) is 25.9 Å². The molecular formula is C7H14FN. The van der Waals surface area contributed by atoms with E-state index in [2.05, 4.69) is 11.8 Å². The Hall–Kier alpha value is -0.110. The SMILES string of the molecule is CCN1CCCC(F)C1. The van der Waals surface area contributed by atoms with Crippen LogP contribution in [0.5, 0.6) is 0 Å². The van der Waals surface area contributed by atoms with Gasteiger partial charge in [0.05, 0.1) is 0 Å². The molecule has 1 rings (SSSR count). The fraction of sp³-hybridized carbons (Fsp3) is 1.00. The third kappa shape index (κ3) is 1.94. The molecule has 1 nitrogen and oxygen atoms in total. The minimum absolute atomic E-state index is 0.557. The highest BCUT2D eigenvalue weighted by atomic mass is 19.1. The van der Waals surface area contributed by atoms with Crippen LogP contribution in [-0.4, -0.2) is 30.7 Å². The highest BCUT2D eigenvalue weighted by Crippen LogP contribution is 2.11. The van der Waals surface area contributed by atoms with Crippen molar-refractivity contribution in [1.29, 1.82) is 0 Å². The van der Waals surface area contributed by atoms with Gasteiger partial charge in [0, 0.05) is 6.54 Å². The topological polar surface area (TPSA) is 3.24 Å². The van der Waals surface area contributed by atoms with Crippen LogP contribution in [0.25, 0.3) is 0 Å². The Balaban J connectivity index is 2.23. The van der Waals surface area contributed by atoms with Crippen LogP contribution in [0.4, 0.5) is 4.39 Å². The van der Waals surface area contributed by atoms with Crippen LogP contribution < -0.4 is 0 Å². The van der Waals surface area contributed by atoms with E-state index < -0.39 is 6.17 Å². The van der Waals surface area contributed by atoms with Gasteiger partial charge in [0.2, 0.25) is 0 Å². The molecule has 1 fully saturated rings. The van der Waals surface area contributed by atoms with Gasteiger partial charge in [-0.1, -0.05) is 6.92 Å². The molecule has 0 aliphatic carbocycles. The molecule has 0 N–H and O–H groups in total. The highest BCUT2D eigenvalue weighted by Gasteiger charge is 2.16. The molecule has 1 heterocycles. The van der Waals surface area contributed by atoms with Crippen molar-refractivity contribution in [1.82, 2.24) is 4.90 Å².